The summed E-state index contributed by atoms with van der Waals surface area (Å²) in [4.78, 5) is 9.05. The van der Waals surface area contributed by atoms with Gasteiger partial charge in [0.15, 0.2) is 0 Å². The van der Waals surface area contributed by atoms with E-state index >= 15 is 0 Å². The highest BCUT2D eigenvalue weighted by atomic mass is 32.2. The predicted octanol–water partition coefficient (Wildman–Crippen LogP) is 1.51. The van der Waals surface area contributed by atoms with Gasteiger partial charge in [0.1, 0.15) is 6.33 Å². The van der Waals surface area contributed by atoms with E-state index in [1.54, 1.807) is 18.1 Å². The van der Waals surface area contributed by atoms with Crippen molar-refractivity contribution in [3.05, 3.63) is 18.2 Å². The van der Waals surface area contributed by atoms with Gasteiger partial charge >= 0.3 is 0 Å². The van der Waals surface area contributed by atoms with Gasteiger partial charge in [0, 0.05) is 11.1 Å². The molecule has 48 valence electrons. The topological polar surface area (TPSA) is 25.8 Å². The molecule has 0 saturated heterocycles. The van der Waals surface area contributed by atoms with Crippen LogP contribution in [0.1, 0.15) is 5.69 Å². The van der Waals surface area contributed by atoms with Crippen LogP contribution in [0.25, 0.3) is 0 Å². The van der Waals surface area contributed by atoms with E-state index in [1.165, 1.54) is 0 Å². The van der Waals surface area contributed by atoms with Crippen LogP contribution >= 0.6 is 11.8 Å². The zero-order valence-electron chi connectivity index (χ0n) is 5.46. The first-order valence-electron chi connectivity index (χ1n) is 2.65. The lowest BCUT2D eigenvalue weighted by molar-refractivity contribution is 1.03. The fraction of sp³-hybridized carbons (Fsp3) is 0.333. The van der Waals surface area contributed by atoms with Crippen molar-refractivity contribution in [1.29, 1.82) is 0 Å². The van der Waals surface area contributed by atoms with Crippen LogP contribution in [0.15, 0.2) is 17.4 Å². The van der Waals surface area contributed by atoms with Crippen LogP contribution in [-0.4, -0.2) is 16.2 Å². The number of aromatic nitrogens is 2. The third-order valence-electron chi connectivity index (χ3n) is 1.09. The van der Waals surface area contributed by atoms with Gasteiger partial charge in [0.05, 0.1) is 5.69 Å². The summed E-state index contributed by atoms with van der Waals surface area (Å²) < 4.78 is 0. The lowest BCUT2D eigenvalue weighted by Gasteiger charge is -1.95. The van der Waals surface area contributed by atoms with E-state index in [9.17, 15) is 0 Å². The Morgan fingerprint density at radius 2 is 2.33 bits per heavy atom. The summed E-state index contributed by atoms with van der Waals surface area (Å²) in [6.07, 6.45) is 5.41. The summed E-state index contributed by atoms with van der Waals surface area (Å²) in [5.74, 6) is 0. The molecule has 0 unspecified atom stereocenters. The van der Waals surface area contributed by atoms with E-state index in [4.69, 9.17) is 0 Å². The fourth-order valence-corrected chi connectivity index (χ4v) is 1.09. The van der Waals surface area contributed by atoms with E-state index in [0.29, 0.717) is 0 Å². The Hall–Kier alpha value is -0.570. The minimum absolute atomic E-state index is 1.05. The Morgan fingerprint density at radius 1 is 1.56 bits per heavy atom. The second-order valence-corrected chi connectivity index (χ2v) is 2.52. The van der Waals surface area contributed by atoms with E-state index in [-0.39, 0.29) is 0 Å². The molecule has 0 bridgehead atoms. The first-order chi connectivity index (χ1) is 4.34. The zero-order valence-corrected chi connectivity index (χ0v) is 6.27. The number of hydrogen-bond acceptors (Lipinski definition) is 3. The van der Waals surface area contributed by atoms with Gasteiger partial charge in [-0.1, -0.05) is 0 Å². The summed E-state index contributed by atoms with van der Waals surface area (Å²) >= 11 is 1.67. The number of hydrogen-bond donors (Lipinski definition) is 0. The molecule has 1 rings (SSSR count). The van der Waals surface area contributed by atoms with Crippen molar-refractivity contribution >= 4 is 11.8 Å². The molecule has 0 atom stereocenters. The third-order valence-corrected chi connectivity index (χ3v) is 1.93. The van der Waals surface area contributed by atoms with Gasteiger partial charge in [-0.25, -0.2) is 9.97 Å². The molecular weight excluding hydrogens is 132 g/mol. The van der Waals surface area contributed by atoms with E-state index in [2.05, 4.69) is 9.97 Å². The molecule has 0 spiro atoms. The molecule has 1 aromatic heterocycles. The van der Waals surface area contributed by atoms with Gasteiger partial charge in [-0.15, -0.1) is 11.8 Å². The summed E-state index contributed by atoms with van der Waals surface area (Å²) in [6.45, 7) is 1.98. The maximum absolute atomic E-state index is 4.02. The summed E-state index contributed by atoms with van der Waals surface area (Å²) in [5, 5.41) is 0. The highest BCUT2D eigenvalue weighted by Crippen LogP contribution is 2.14. The van der Waals surface area contributed by atoms with Gasteiger partial charge < -0.3 is 0 Å². The minimum Gasteiger partial charge on any atom is -0.244 e. The van der Waals surface area contributed by atoms with Gasteiger partial charge in [-0.05, 0) is 13.2 Å². The predicted molar refractivity (Wildman–Crippen MR) is 38.6 cm³/mol. The van der Waals surface area contributed by atoms with Crippen LogP contribution in [0.3, 0.4) is 0 Å². The second-order valence-electron chi connectivity index (χ2n) is 1.68. The van der Waals surface area contributed by atoms with Crippen molar-refractivity contribution in [3.63, 3.8) is 0 Å². The first kappa shape index (κ1) is 6.55. The van der Waals surface area contributed by atoms with Crippen LogP contribution in [0.2, 0.25) is 0 Å². The highest BCUT2D eigenvalue weighted by Gasteiger charge is 1.93. The van der Waals surface area contributed by atoms with Crippen LogP contribution in [-0.2, 0) is 0 Å². The summed E-state index contributed by atoms with van der Waals surface area (Å²) in [5.41, 5.74) is 1.05. The molecule has 0 fully saturated rings. The number of rotatable bonds is 1. The van der Waals surface area contributed by atoms with Crippen molar-refractivity contribution in [2.24, 2.45) is 0 Å². The Labute approximate surface area is 58.7 Å². The molecule has 2 nitrogen and oxygen atoms in total. The molecular formula is C6H8N2S. The molecule has 0 aromatic carbocycles. The Kier molecular flexibility index (Phi) is 2.05. The molecule has 0 aliphatic rings. The molecule has 0 N–H and O–H groups in total. The molecule has 3 heteroatoms. The van der Waals surface area contributed by atoms with Crippen LogP contribution < -0.4 is 0 Å². The standard InChI is InChI=1S/C6H8N2S/c1-5-6(9-2)3-7-4-8-5/h3-4H,1-2H3. The molecule has 9 heavy (non-hydrogen) atoms. The molecule has 0 aliphatic heterocycles. The van der Waals surface area contributed by atoms with Gasteiger partial charge in [0.2, 0.25) is 0 Å². The van der Waals surface area contributed by atoms with E-state index in [1.807, 2.05) is 19.4 Å². The maximum Gasteiger partial charge on any atom is 0.115 e. The van der Waals surface area contributed by atoms with Gasteiger partial charge in [-0.3, -0.25) is 0 Å². The minimum atomic E-state index is 1.05. The molecule has 0 aliphatic carbocycles. The van der Waals surface area contributed by atoms with E-state index < -0.39 is 0 Å². The lowest BCUT2D eigenvalue weighted by Crippen LogP contribution is -1.84. The van der Waals surface area contributed by atoms with E-state index in [0.717, 1.165) is 10.6 Å². The van der Waals surface area contributed by atoms with Crippen molar-refractivity contribution in [2.45, 2.75) is 11.8 Å². The average molecular weight is 140 g/mol. The smallest absolute Gasteiger partial charge is 0.115 e. The van der Waals surface area contributed by atoms with Crippen LogP contribution in [0.4, 0.5) is 0 Å². The molecule has 1 heterocycles. The van der Waals surface area contributed by atoms with Crippen molar-refractivity contribution in [3.8, 4) is 0 Å². The summed E-state index contributed by atoms with van der Waals surface area (Å²) in [7, 11) is 0. The Balaban J connectivity index is 3.01. The highest BCUT2D eigenvalue weighted by molar-refractivity contribution is 7.98. The number of thioether (sulfide) groups is 1. The summed E-state index contributed by atoms with van der Waals surface area (Å²) in [6, 6.07) is 0. The van der Waals surface area contributed by atoms with Crippen molar-refractivity contribution in [2.75, 3.05) is 6.26 Å². The zero-order chi connectivity index (χ0) is 6.69. The molecule has 1 aromatic rings. The maximum atomic E-state index is 4.02. The Morgan fingerprint density at radius 3 is 2.78 bits per heavy atom. The third kappa shape index (κ3) is 1.42. The van der Waals surface area contributed by atoms with Crippen molar-refractivity contribution < 1.29 is 0 Å². The quantitative estimate of drug-likeness (QED) is 0.553. The average Bonchev–Trinajstić information content (AvgIpc) is 1.89. The molecule has 0 radical (unpaired) electrons. The SMILES string of the molecule is CSc1cncnc1C. The largest absolute Gasteiger partial charge is 0.244 e. The second kappa shape index (κ2) is 2.82. The number of aryl methyl sites for hydroxylation is 1. The fourth-order valence-electron chi connectivity index (χ4n) is 0.578. The first-order valence-corrected chi connectivity index (χ1v) is 3.87. The molecule has 0 amide bonds. The van der Waals surface area contributed by atoms with Crippen LogP contribution in [0.5, 0.6) is 0 Å². The van der Waals surface area contributed by atoms with Gasteiger partial charge in [-0.2, -0.15) is 0 Å². The van der Waals surface area contributed by atoms with Gasteiger partial charge in [0.25, 0.3) is 0 Å². The van der Waals surface area contributed by atoms with Crippen LogP contribution in [0, 0.1) is 6.92 Å². The monoisotopic (exact) mass is 140 g/mol. The molecule has 0 saturated carbocycles. The van der Waals surface area contributed by atoms with Crippen molar-refractivity contribution in [1.82, 2.24) is 9.97 Å². The lowest BCUT2D eigenvalue weighted by atomic mass is 10.5. The Bertz CT molecular complexity index is 200. The number of nitrogens with zero attached hydrogens (tertiary/aromatic N) is 2. The normalized spacial score (nSPS) is 9.56.